The number of alkyl halides is 2. The van der Waals surface area contributed by atoms with E-state index in [4.69, 9.17) is 23.2 Å². The Morgan fingerprint density at radius 3 is 2.85 bits per heavy atom. The molecule has 2 N–H and O–H groups in total. The molecule has 0 saturated carbocycles. The molecule has 140 valence electrons. The van der Waals surface area contributed by atoms with Gasteiger partial charge < -0.3 is 9.72 Å². The maximum absolute atomic E-state index is 12.6. The first kappa shape index (κ1) is 18.9. The number of nitrogens with zero attached hydrogens (tertiary/aromatic N) is 2. The molecule has 7 nitrogen and oxygen atoms in total. The molecule has 0 unspecified atom stereocenters. The number of hydrogen-bond donors (Lipinski definition) is 2. The number of ether oxygens (including phenoxy) is 1. The van der Waals surface area contributed by atoms with Crippen LogP contribution < -0.4 is 4.72 Å². The highest BCUT2D eigenvalue weighted by atomic mass is 35.5. The number of sulfonamides is 1. The summed E-state index contributed by atoms with van der Waals surface area (Å²) in [5, 5.41) is 4.73. The Bertz CT molecular complexity index is 1040. The number of fused-ring (bicyclic) bond motifs is 1. The van der Waals surface area contributed by atoms with Crippen LogP contribution in [0.1, 0.15) is 0 Å². The molecule has 0 saturated heterocycles. The monoisotopic (exact) mass is 424 g/mol. The van der Waals surface area contributed by atoms with E-state index in [1.165, 1.54) is 12.4 Å². The number of hydrogen-bond acceptors (Lipinski definition) is 4. The minimum absolute atomic E-state index is 0.00835. The molecular weight excluding hydrogens is 413 g/mol. The normalized spacial score (nSPS) is 12.2. The first-order chi connectivity index (χ1) is 12.3. The van der Waals surface area contributed by atoms with Gasteiger partial charge in [0.05, 0.1) is 19.3 Å². The lowest BCUT2D eigenvalue weighted by molar-refractivity contribution is -0.130. The van der Waals surface area contributed by atoms with E-state index in [2.05, 4.69) is 19.5 Å². The summed E-state index contributed by atoms with van der Waals surface area (Å²) in [6.07, 6.45) is 2.52. The van der Waals surface area contributed by atoms with Crippen molar-refractivity contribution in [2.24, 2.45) is 0 Å². The molecule has 2 heterocycles. The van der Waals surface area contributed by atoms with Gasteiger partial charge in [-0.25, -0.2) is 13.1 Å². The van der Waals surface area contributed by atoms with Crippen LogP contribution in [0.5, 0.6) is 0 Å². The second-order valence-corrected chi connectivity index (χ2v) is 7.60. The van der Waals surface area contributed by atoms with Crippen molar-refractivity contribution in [1.82, 2.24) is 14.8 Å². The summed E-state index contributed by atoms with van der Waals surface area (Å²) in [5.41, 5.74) is 0.579. The Labute approximate surface area is 156 Å². The third-order valence-electron chi connectivity index (χ3n) is 3.46. The largest absolute Gasteiger partial charge is 0.360 e. The van der Waals surface area contributed by atoms with Gasteiger partial charge in [0.25, 0.3) is 10.0 Å². The highest BCUT2D eigenvalue weighted by Crippen LogP contribution is 2.29. The number of anilines is 1. The number of aromatic nitrogens is 3. The van der Waals surface area contributed by atoms with Crippen molar-refractivity contribution in [2.45, 2.75) is 18.1 Å². The zero-order valence-electron chi connectivity index (χ0n) is 12.9. The van der Waals surface area contributed by atoms with E-state index in [0.29, 0.717) is 15.9 Å². The van der Waals surface area contributed by atoms with E-state index in [1.807, 2.05) is 0 Å². The smallest absolute Gasteiger partial charge is 0.345 e. The van der Waals surface area contributed by atoms with Crippen molar-refractivity contribution in [1.29, 1.82) is 0 Å². The van der Waals surface area contributed by atoms with Crippen LogP contribution in [0.25, 0.3) is 10.9 Å². The Balaban J connectivity index is 1.82. The molecule has 0 aliphatic rings. The second-order valence-electron chi connectivity index (χ2n) is 5.15. The highest BCUT2D eigenvalue weighted by molar-refractivity contribution is 7.93. The number of H-pyrrole nitrogens is 1. The summed E-state index contributed by atoms with van der Waals surface area (Å²) < 4.78 is 56.9. The molecule has 0 fully saturated rings. The van der Waals surface area contributed by atoms with Crippen LogP contribution in [0.4, 0.5) is 14.5 Å². The van der Waals surface area contributed by atoms with Crippen molar-refractivity contribution >= 4 is 49.8 Å². The molecule has 3 rings (SSSR count). The van der Waals surface area contributed by atoms with Crippen LogP contribution in [0, 0.1) is 0 Å². The predicted octanol–water partition coefficient (Wildman–Crippen LogP) is 3.71. The molecule has 26 heavy (non-hydrogen) atoms. The molecule has 0 aliphatic carbocycles. The first-order valence-corrected chi connectivity index (χ1v) is 9.42. The van der Waals surface area contributed by atoms with E-state index in [0.717, 1.165) is 4.68 Å². The fraction of sp³-hybridized carbons (Fsp3) is 0.214. The molecule has 3 aromatic rings. The first-order valence-electron chi connectivity index (χ1n) is 7.18. The van der Waals surface area contributed by atoms with Crippen molar-refractivity contribution in [2.75, 3.05) is 11.3 Å². The third-order valence-corrected chi connectivity index (χ3v) is 5.50. The van der Waals surface area contributed by atoms with Crippen LogP contribution in [0.2, 0.25) is 10.2 Å². The number of aromatic amines is 1. The van der Waals surface area contributed by atoms with E-state index in [9.17, 15) is 17.2 Å². The summed E-state index contributed by atoms with van der Waals surface area (Å²) in [6.45, 7) is -3.29. The highest BCUT2D eigenvalue weighted by Gasteiger charge is 2.22. The minimum atomic E-state index is -3.97. The standard InChI is InChI=1S/C14H12Cl2F2N4O3S/c15-8-1-2-9-10(5-8)19-7-12(9)26(23,24)21-11-6-20-22(13(11)16)3-4-25-14(17)18/h1-2,5-7,14,19,21H,3-4H2. The Kier molecular flexibility index (Phi) is 5.37. The van der Waals surface area contributed by atoms with Crippen molar-refractivity contribution in [3.8, 4) is 0 Å². The van der Waals surface area contributed by atoms with Crippen LogP contribution in [0.15, 0.2) is 35.5 Å². The molecule has 0 aliphatic heterocycles. The quantitative estimate of drug-likeness (QED) is 0.604. The average Bonchev–Trinajstić information content (AvgIpc) is 3.12. The molecule has 0 atom stereocenters. The maximum atomic E-state index is 12.6. The van der Waals surface area contributed by atoms with E-state index >= 15 is 0 Å². The van der Waals surface area contributed by atoms with Crippen LogP contribution in [0.3, 0.4) is 0 Å². The van der Waals surface area contributed by atoms with Gasteiger partial charge in [-0.2, -0.15) is 13.9 Å². The Morgan fingerprint density at radius 1 is 1.35 bits per heavy atom. The second kappa shape index (κ2) is 7.39. The summed E-state index contributed by atoms with van der Waals surface area (Å²) in [7, 11) is -3.97. The molecule has 2 aromatic heterocycles. The number of nitrogens with one attached hydrogen (secondary N) is 2. The molecule has 0 amide bonds. The lowest BCUT2D eigenvalue weighted by atomic mass is 10.2. The fourth-order valence-corrected chi connectivity index (χ4v) is 4.00. The molecule has 1 aromatic carbocycles. The SMILES string of the molecule is O=S(=O)(Nc1cnn(CCOC(F)F)c1Cl)c1c[nH]c2cc(Cl)ccc12. The van der Waals surface area contributed by atoms with Gasteiger partial charge in [-0.1, -0.05) is 23.2 Å². The number of rotatable bonds is 7. The maximum Gasteiger partial charge on any atom is 0.345 e. The number of benzene rings is 1. The fourth-order valence-electron chi connectivity index (χ4n) is 2.32. The topological polar surface area (TPSA) is 89.0 Å². The van der Waals surface area contributed by atoms with Gasteiger partial charge in [-0.05, 0) is 18.2 Å². The molecular formula is C14H12Cl2F2N4O3S. The van der Waals surface area contributed by atoms with Crippen molar-refractivity contribution in [3.63, 3.8) is 0 Å². The minimum Gasteiger partial charge on any atom is -0.360 e. The molecule has 12 heteroatoms. The van der Waals surface area contributed by atoms with E-state index in [-0.39, 0.29) is 28.9 Å². The Hall–Kier alpha value is -1.88. The van der Waals surface area contributed by atoms with Crippen LogP contribution >= 0.6 is 23.2 Å². The molecule has 0 bridgehead atoms. The Morgan fingerprint density at radius 2 is 2.12 bits per heavy atom. The van der Waals surface area contributed by atoms with Gasteiger partial charge in [0, 0.05) is 22.1 Å². The van der Waals surface area contributed by atoms with Gasteiger partial charge in [0.2, 0.25) is 0 Å². The van der Waals surface area contributed by atoms with Crippen LogP contribution in [-0.2, 0) is 21.3 Å². The van der Waals surface area contributed by atoms with Gasteiger partial charge in [0.15, 0.2) is 5.15 Å². The van der Waals surface area contributed by atoms with Gasteiger partial charge in [-0.3, -0.25) is 4.72 Å². The van der Waals surface area contributed by atoms with Gasteiger partial charge >= 0.3 is 6.61 Å². The summed E-state index contributed by atoms with van der Waals surface area (Å²) in [5.74, 6) is 0. The lowest BCUT2D eigenvalue weighted by Crippen LogP contribution is -2.13. The number of halogens is 4. The van der Waals surface area contributed by atoms with Crippen LogP contribution in [-0.4, -0.2) is 36.4 Å². The summed E-state index contributed by atoms with van der Waals surface area (Å²) >= 11 is 11.9. The zero-order valence-corrected chi connectivity index (χ0v) is 15.2. The summed E-state index contributed by atoms with van der Waals surface area (Å²) in [4.78, 5) is 2.84. The predicted molar refractivity (Wildman–Crippen MR) is 93.3 cm³/mol. The third kappa shape index (κ3) is 3.93. The zero-order chi connectivity index (χ0) is 18.9. The lowest BCUT2D eigenvalue weighted by Gasteiger charge is -2.07. The molecule has 0 radical (unpaired) electrons. The van der Waals surface area contributed by atoms with Gasteiger partial charge in [0.1, 0.15) is 10.6 Å². The average molecular weight is 425 g/mol. The van der Waals surface area contributed by atoms with E-state index < -0.39 is 16.6 Å². The summed E-state index contributed by atoms with van der Waals surface area (Å²) in [6, 6.07) is 4.75. The molecule has 0 spiro atoms. The van der Waals surface area contributed by atoms with Crippen molar-refractivity contribution < 1.29 is 21.9 Å². The van der Waals surface area contributed by atoms with Crippen molar-refractivity contribution in [3.05, 3.63) is 40.8 Å². The van der Waals surface area contributed by atoms with E-state index in [1.54, 1.807) is 18.2 Å². The van der Waals surface area contributed by atoms with Gasteiger partial charge in [-0.15, -0.1) is 0 Å².